The maximum Gasteiger partial charge on any atom is 0.408 e. The molecule has 0 saturated carbocycles. The predicted octanol–water partition coefficient (Wildman–Crippen LogP) is 3.65. The van der Waals surface area contributed by atoms with Crippen molar-refractivity contribution in [1.82, 2.24) is 16.0 Å². The molecule has 0 heterocycles. The summed E-state index contributed by atoms with van der Waals surface area (Å²) < 4.78 is 23.3. The highest BCUT2D eigenvalue weighted by atomic mass is 19.1. The van der Waals surface area contributed by atoms with E-state index in [1.165, 1.54) is 0 Å². The molecule has 0 aromatic heterocycles. The number of nitrogens with one attached hydrogen (secondary N) is 3. The van der Waals surface area contributed by atoms with E-state index in [1.807, 2.05) is 36.4 Å². The van der Waals surface area contributed by atoms with E-state index in [9.17, 15) is 23.6 Å². The van der Waals surface area contributed by atoms with Crippen molar-refractivity contribution in [2.75, 3.05) is 13.3 Å². The lowest BCUT2D eigenvalue weighted by atomic mass is 10.0. The molecular formula is C30H40FN3O6. The number of rotatable bonds is 14. The van der Waals surface area contributed by atoms with Crippen LogP contribution in [0.5, 0.6) is 0 Å². The Morgan fingerprint density at radius 1 is 0.775 bits per heavy atom. The van der Waals surface area contributed by atoms with E-state index in [0.29, 0.717) is 0 Å². The second kappa shape index (κ2) is 16.2. The number of ether oxygens (including phenoxy) is 2. The predicted molar refractivity (Wildman–Crippen MR) is 149 cm³/mol. The Balaban J connectivity index is 2.30. The van der Waals surface area contributed by atoms with Crippen molar-refractivity contribution in [1.29, 1.82) is 0 Å². The van der Waals surface area contributed by atoms with Gasteiger partial charge in [0.05, 0.1) is 13.3 Å². The van der Waals surface area contributed by atoms with Gasteiger partial charge in [-0.15, -0.1) is 0 Å². The van der Waals surface area contributed by atoms with Gasteiger partial charge < -0.3 is 25.4 Å². The van der Waals surface area contributed by atoms with Gasteiger partial charge >= 0.3 is 12.1 Å². The van der Waals surface area contributed by atoms with Crippen molar-refractivity contribution < 1.29 is 33.0 Å². The van der Waals surface area contributed by atoms with Gasteiger partial charge in [-0.25, -0.2) is 9.59 Å². The van der Waals surface area contributed by atoms with Crippen LogP contribution in [0.3, 0.4) is 0 Å². The van der Waals surface area contributed by atoms with Gasteiger partial charge in [0.25, 0.3) is 0 Å². The third-order valence-corrected chi connectivity index (χ3v) is 5.72. The molecule has 3 atom stereocenters. The molecule has 9 nitrogen and oxygen atoms in total. The number of alkyl carbamates (subject to hydrolysis) is 1. The maximum atomic E-state index is 13.5. The van der Waals surface area contributed by atoms with Crippen LogP contribution in [0.4, 0.5) is 9.18 Å². The second-order valence-electron chi connectivity index (χ2n) is 10.3. The molecule has 2 rings (SSSR count). The molecule has 218 valence electrons. The molecule has 0 saturated heterocycles. The molecule has 0 radical (unpaired) electrons. The molecular weight excluding hydrogens is 517 g/mol. The minimum Gasteiger partial charge on any atom is -0.464 e. The van der Waals surface area contributed by atoms with Crippen molar-refractivity contribution >= 4 is 23.9 Å². The summed E-state index contributed by atoms with van der Waals surface area (Å²) in [7, 11) is 0. The summed E-state index contributed by atoms with van der Waals surface area (Å²) in [5, 5.41) is 7.97. The Kier molecular flexibility index (Phi) is 13.1. The number of benzene rings is 2. The smallest absolute Gasteiger partial charge is 0.408 e. The molecule has 2 aromatic rings. The summed E-state index contributed by atoms with van der Waals surface area (Å²) in [6.45, 7) is 6.21. The van der Waals surface area contributed by atoms with Gasteiger partial charge in [0, 0.05) is 12.8 Å². The van der Waals surface area contributed by atoms with Crippen molar-refractivity contribution in [2.24, 2.45) is 0 Å². The number of hydrogen-bond donors (Lipinski definition) is 3. The van der Waals surface area contributed by atoms with Gasteiger partial charge in [-0.3, -0.25) is 14.0 Å². The lowest BCUT2D eigenvalue weighted by molar-refractivity contribution is -0.148. The summed E-state index contributed by atoms with van der Waals surface area (Å²) in [4.78, 5) is 52.0. The first kappa shape index (κ1) is 32.3. The minimum atomic E-state index is -1.10. The molecule has 0 bridgehead atoms. The zero-order valence-corrected chi connectivity index (χ0v) is 23.6. The first-order valence-corrected chi connectivity index (χ1v) is 13.4. The van der Waals surface area contributed by atoms with Crippen molar-refractivity contribution in [2.45, 2.75) is 77.1 Å². The fourth-order valence-electron chi connectivity index (χ4n) is 3.89. The zero-order chi connectivity index (χ0) is 29.5. The van der Waals surface area contributed by atoms with Crippen molar-refractivity contribution in [3.63, 3.8) is 0 Å². The van der Waals surface area contributed by atoms with E-state index >= 15 is 0 Å². The Hall–Kier alpha value is -3.95. The van der Waals surface area contributed by atoms with E-state index in [0.717, 1.165) is 11.1 Å². The van der Waals surface area contributed by atoms with Crippen molar-refractivity contribution in [3.05, 3.63) is 71.8 Å². The standard InChI is InChI=1S/C30H40FN3O6/c1-5-39-28(37)23(17-12-18-31)32-26(35)24(19-21-13-8-6-9-14-21)33-27(36)25(20-22-15-10-7-11-16-22)34-29(38)40-30(2,3)4/h6-11,13-16,23-25H,5,12,17-20H2,1-4H3,(H,32,35)(H,33,36)(H,34,38)/t23?,24-,25-/m1/s1. The lowest BCUT2D eigenvalue weighted by Crippen LogP contribution is -2.57. The summed E-state index contributed by atoms with van der Waals surface area (Å²) in [5.41, 5.74) is 0.769. The fraction of sp³-hybridized carbons (Fsp3) is 0.467. The second-order valence-corrected chi connectivity index (χ2v) is 10.3. The summed E-state index contributed by atoms with van der Waals surface area (Å²) in [6, 6.07) is 14.9. The first-order valence-electron chi connectivity index (χ1n) is 13.4. The maximum absolute atomic E-state index is 13.5. The molecule has 0 fully saturated rings. The number of amides is 3. The SMILES string of the molecule is CCOC(=O)C(CCCF)NC(=O)[C@@H](Cc1ccccc1)NC(=O)[C@@H](Cc1ccccc1)NC(=O)OC(C)(C)C. The Morgan fingerprint density at radius 2 is 1.25 bits per heavy atom. The summed E-state index contributed by atoms with van der Waals surface area (Å²) in [5.74, 6) is -1.92. The normalized spacial score (nSPS) is 13.3. The van der Waals surface area contributed by atoms with E-state index in [4.69, 9.17) is 9.47 Å². The van der Waals surface area contributed by atoms with Crippen LogP contribution in [0, 0.1) is 0 Å². The molecule has 40 heavy (non-hydrogen) atoms. The number of carbonyl (C=O) groups is 4. The Morgan fingerprint density at radius 3 is 1.70 bits per heavy atom. The van der Waals surface area contributed by atoms with Crippen LogP contribution >= 0.6 is 0 Å². The largest absolute Gasteiger partial charge is 0.464 e. The van der Waals surface area contributed by atoms with Crippen LogP contribution in [0.1, 0.15) is 51.7 Å². The number of esters is 1. The van der Waals surface area contributed by atoms with E-state index in [2.05, 4.69) is 16.0 Å². The highest BCUT2D eigenvalue weighted by Crippen LogP contribution is 2.11. The molecule has 0 aliphatic carbocycles. The number of alkyl halides is 1. The van der Waals surface area contributed by atoms with Gasteiger partial charge in [-0.05, 0) is 51.7 Å². The molecule has 2 aromatic carbocycles. The van der Waals surface area contributed by atoms with E-state index in [1.54, 1.807) is 52.0 Å². The third-order valence-electron chi connectivity index (χ3n) is 5.72. The first-order chi connectivity index (χ1) is 19.0. The van der Waals surface area contributed by atoms with E-state index in [-0.39, 0.29) is 32.3 Å². The monoisotopic (exact) mass is 557 g/mol. The van der Waals surface area contributed by atoms with Crippen LogP contribution in [0.15, 0.2) is 60.7 Å². The van der Waals surface area contributed by atoms with Gasteiger partial charge in [0.15, 0.2) is 0 Å². The fourth-order valence-corrected chi connectivity index (χ4v) is 3.89. The van der Waals surface area contributed by atoms with Crippen LogP contribution in [-0.2, 0) is 36.7 Å². The van der Waals surface area contributed by atoms with Crippen LogP contribution < -0.4 is 16.0 Å². The highest BCUT2D eigenvalue weighted by Gasteiger charge is 2.31. The molecule has 0 aliphatic rings. The van der Waals surface area contributed by atoms with Crippen LogP contribution in [0.25, 0.3) is 0 Å². The lowest BCUT2D eigenvalue weighted by Gasteiger charge is -2.26. The van der Waals surface area contributed by atoms with Crippen LogP contribution in [-0.4, -0.2) is 60.9 Å². The average Bonchev–Trinajstić information content (AvgIpc) is 2.90. The summed E-state index contributed by atoms with van der Waals surface area (Å²) in [6.07, 6.45) is -0.418. The Labute approximate surface area is 235 Å². The zero-order valence-electron chi connectivity index (χ0n) is 23.6. The highest BCUT2D eigenvalue weighted by molar-refractivity contribution is 5.93. The summed E-state index contributed by atoms with van der Waals surface area (Å²) >= 11 is 0. The van der Waals surface area contributed by atoms with Gasteiger partial charge in [-0.1, -0.05) is 60.7 Å². The van der Waals surface area contributed by atoms with E-state index < -0.39 is 54.3 Å². The minimum absolute atomic E-state index is 0.0455. The number of halogens is 1. The van der Waals surface area contributed by atoms with Gasteiger partial charge in [0.2, 0.25) is 11.8 Å². The number of carbonyl (C=O) groups excluding carboxylic acids is 4. The molecule has 3 N–H and O–H groups in total. The van der Waals surface area contributed by atoms with Crippen molar-refractivity contribution in [3.8, 4) is 0 Å². The molecule has 10 heteroatoms. The average molecular weight is 558 g/mol. The quantitative estimate of drug-likeness (QED) is 0.305. The third kappa shape index (κ3) is 11.8. The number of hydrogen-bond acceptors (Lipinski definition) is 6. The Bertz CT molecular complexity index is 1090. The molecule has 0 spiro atoms. The topological polar surface area (TPSA) is 123 Å². The molecule has 0 aliphatic heterocycles. The molecule has 1 unspecified atom stereocenters. The van der Waals surface area contributed by atoms with Gasteiger partial charge in [0.1, 0.15) is 23.7 Å². The molecule has 3 amide bonds. The van der Waals surface area contributed by atoms with Crippen LogP contribution in [0.2, 0.25) is 0 Å². The van der Waals surface area contributed by atoms with Gasteiger partial charge in [-0.2, -0.15) is 0 Å².